The first kappa shape index (κ1) is 22.5. The molecule has 0 spiro atoms. The van der Waals surface area contributed by atoms with E-state index in [0.717, 1.165) is 49.4 Å². The number of hydrogen-bond donors (Lipinski definition) is 0. The normalized spacial score (nSPS) is 23.6. The molecule has 1 fully saturated rings. The number of carbonyl (C=O) groups is 1. The molecule has 1 aromatic heterocycles. The van der Waals surface area contributed by atoms with Crippen LogP contribution < -0.4 is 0 Å². The number of aryl methyl sites for hydroxylation is 1. The highest BCUT2D eigenvalue weighted by molar-refractivity contribution is 6.01. The molecule has 0 amide bonds. The summed E-state index contributed by atoms with van der Waals surface area (Å²) in [5.74, 6) is -0.440. The van der Waals surface area contributed by atoms with Crippen LogP contribution >= 0.6 is 0 Å². The molecule has 0 radical (unpaired) electrons. The minimum Gasteiger partial charge on any atom is -0.466 e. The third-order valence-corrected chi connectivity index (χ3v) is 6.42. The number of piperidine rings is 1. The average molecular weight is 443 g/mol. The molecule has 3 heterocycles. The first-order chi connectivity index (χ1) is 15.5. The summed E-state index contributed by atoms with van der Waals surface area (Å²) in [6, 6.07) is 6.26. The molecule has 2 aromatic rings. The van der Waals surface area contributed by atoms with E-state index >= 15 is 0 Å². The Labute approximate surface area is 188 Å². The van der Waals surface area contributed by atoms with Gasteiger partial charge in [0.05, 0.1) is 29.8 Å². The molecule has 0 saturated carbocycles. The Morgan fingerprint density at radius 1 is 1.31 bits per heavy atom. The number of aromatic nitrogens is 2. The monoisotopic (exact) mass is 442 g/mol. The molecular formula is C24H31FN4O3. The molecule has 0 N–H and O–H groups in total. The van der Waals surface area contributed by atoms with Gasteiger partial charge in [-0.15, -0.1) is 0 Å². The average Bonchev–Trinajstić information content (AvgIpc) is 3.44. The van der Waals surface area contributed by atoms with E-state index in [1.165, 1.54) is 12.1 Å². The zero-order chi connectivity index (χ0) is 22.6. The topological polar surface area (TPSA) is 69.0 Å². The lowest BCUT2D eigenvalue weighted by Crippen LogP contribution is -2.50. The highest BCUT2D eigenvalue weighted by Crippen LogP contribution is 2.39. The molecule has 32 heavy (non-hydrogen) atoms. The van der Waals surface area contributed by atoms with Gasteiger partial charge in [0.1, 0.15) is 11.9 Å². The highest BCUT2D eigenvalue weighted by atomic mass is 19.1. The van der Waals surface area contributed by atoms with E-state index in [2.05, 4.69) is 26.5 Å². The van der Waals surface area contributed by atoms with Crippen LogP contribution in [0.25, 0.3) is 0 Å². The predicted molar refractivity (Wildman–Crippen MR) is 119 cm³/mol. The van der Waals surface area contributed by atoms with E-state index in [9.17, 15) is 9.18 Å². The lowest BCUT2D eigenvalue weighted by Gasteiger charge is -2.41. The molecule has 1 saturated heterocycles. The lowest BCUT2D eigenvalue weighted by atomic mass is 9.74. The minimum atomic E-state index is -0.635. The van der Waals surface area contributed by atoms with Gasteiger partial charge < -0.3 is 14.1 Å². The maximum absolute atomic E-state index is 13.3. The van der Waals surface area contributed by atoms with E-state index in [1.54, 1.807) is 12.1 Å². The minimum absolute atomic E-state index is 0.160. The number of esters is 1. The zero-order valence-electron chi connectivity index (χ0n) is 18.8. The first-order valence-corrected chi connectivity index (χ1v) is 11.4. The zero-order valence-corrected chi connectivity index (χ0v) is 18.8. The van der Waals surface area contributed by atoms with E-state index in [1.807, 2.05) is 19.4 Å². The molecule has 2 aliphatic rings. The number of benzene rings is 1. The third-order valence-electron chi connectivity index (χ3n) is 6.42. The van der Waals surface area contributed by atoms with Gasteiger partial charge in [-0.05, 0) is 50.9 Å². The third kappa shape index (κ3) is 4.85. The van der Waals surface area contributed by atoms with Crippen LogP contribution in [0.5, 0.6) is 0 Å². The van der Waals surface area contributed by atoms with Crippen LogP contribution in [0.4, 0.5) is 4.39 Å². The smallest absolute Gasteiger partial charge is 0.313 e. The summed E-state index contributed by atoms with van der Waals surface area (Å²) >= 11 is 0. The van der Waals surface area contributed by atoms with Gasteiger partial charge >= 0.3 is 5.97 Å². The van der Waals surface area contributed by atoms with Crippen LogP contribution in [0.1, 0.15) is 50.8 Å². The van der Waals surface area contributed by atoms with Crippen molar-refractivity contribution in [3.05, 3.63) is 53.9 Å². The number of rotatable bonds is 8. The molecule has 2 atom stereocenters. The molecule has 0 aliphatic carbocycles. The van der Waals surface area contributed by atoms with Crippen molar-refractivity contribution in [3.8, 4) is 0 Å². The number of nitrogens with zero attached hydrogens (tertiary/aromatic N) is 4. The quantitative estimate of drug-likeness (QED) is 0.582. The van der Waals surface area contributed by atoms with E-state index in [-0.39, 0.29) is 17.9 Å². The summed E-state index contributed by atoms with van der Waals surface area (Å²) in [6.07, 6.45) is 6.35. The Morgan fingerprint density at radius 3 is 2.88 bits per heavy atom. The second-order valence-electron chi connectivity index (χ2n) is 8.67. The number of hydrogen-bond acceptors (Lipinski definition) is 6. The summed E-state index contributed by atoms with van der Waals surface area (Å²) in [7, 11) is 0. The van der Waals surface area contributed by atoms with Gasteiger partial charge in [-0.25, -0.2) is 9.37 Å². The Balaban J connectivity index is 1.47. The van der Waals surface area contributed by atoms with Gasteiger partial charge in [-0.2, -0.15) is 0 Å². The van der Waals surface area contributed by atoms with E-state index in [4.69, 9.17) is 9.57 Å². The number of oxime groups is 1. The summed E-state index contributed by atoms with van der Waals surface area (Å²) in [5.41, 5.74) is 2.14. The van der Waals surface area contributed by atoms with Crippen molar-refractivity contribution in [3.63, 3.8) is 0 Å². The lowest BCUT2D eigenvalue weighted by molar-refractivity contribution is -0.162. The maximum Gasteiger partial charge on any atom is 0.313 e. The second kappa shape index (κ2) is 9.81. The van der Waals surface area contributed by atoms with Crippen LogP contribution in [0.3, 0.4) is 0 Å². The highest BCUT2D eigenvalue weighted by Gasteiger charge is 2.46. The van der Waals surface area contributed by atoms with Gasteiger partial charge in [0, 0.05) is 38.7 Å². The van der Waals surface area contributed by atoms with E-state index < -0.39 is 5.41 Å². The predicted octanol–water partition coefficient (Wildman–Crippen LogP) is 3.77. The van der Waals surface area contributed by atoms with Gasteiger partial charge in [-0.3, -0.25) is 9.69 Å². The SMILES string of the molecule is CCOC(=O)C1(CC2CC(c3ccc(F)cc3)=NO2)CCCN(Cc2cncn2CC)C1. The van der Waals surface area contributed by atoms with Gasteiger partial charge in [0.2, 0.25) is 0 Å². The van der Waals surface area contributed by atoms with Gasteiger partial charge in [-0.1, -0.05) is 17.3 Å². The van der Waals surface area contributed by atoms with Crippen molar-refractivity contribution >= 4 is 11.7 Å². The molecule has 4 rings (SSSR count). The molecular weight excluding hydrogens is 411 g/mol. The van der Waals surface area contributed by atoms with Crippen LogP contribution in [0.15, 0.2) is 41.9 Å². The Hall–Kier alpha value is -2.74. The van der Waals surface area contributed by atoms with Crippen LogP contribution in [0, 0.1) is 11.2 Å². The fourth-order valence-electron chi connectivity index (χ4n) is 4.84. The number of ether oxygens (including phenoxy) is 1. The van der Waals surface area contributed by atoms with Crippen molar-refractivity contribution in [1.29, 1.82) is 0 Å². The number of halogens is 1. The summed E-state index contributed by atoms with van der Waals surface area (Å²) < 4.78 is 20.9. The van der Waals surface area contributed by atoms with Crippen molar-refractivity contribution in [2.75, 3.05) is 19.7 Å². The standard InChI is InChI=1S/C24H31FN4O3/c1-3-29-17-26-14-20(29)15-28-11-5-10-24(16-28,23(30)31-4-2)13-21-12-22(27-32-21)18-6-8-19(25)9-7-18/h6-9,14,17,21H,3-5,10-13,15-16H2,1-2H3. The van der Waals surface area contributed by atoms with Crippen LogP contribution in [-0.4, -0.2) is 51.9 Å². The summed E-state index contributed by atoms with van der Waals surface area (Å²) in [5, 5.41) is 4.24. The van der Waals surface area contributed by atoms with Gasteiger partial charge in [0.15, 0.2) is 0 Å². The van der Waals surface area contributed by atoms with Crippen molar-refractivity contribution in [2.24, 2.45) is 10.6 Å². The van der Waals surface area contributed by atoms with Crippen LogP contribution in [-0.2, 0) is 27.5 Å². The Kier molecular flexibility index (Phi) is 6.89. The molecule has 7 nitrogen and oxygen atoms in total. The van der Waals surface area contributed by atoms with Crippen molar-refractivity contribution < 1.29 is 18.8 Å². The molecule has 2 aliphatic heterocycles. The Bertz CT molecular complexity index is 958. The molecule has 0 bridgehead atoms. The van der Waals surface area contributed by atoms with Gasteiger partial charge in [0.25, 0.3) is 0 Å². The first-order valence-electron chi connectivity index (χ1n) is 11.4. The summed E-state index contributed by atoms with van der Waals surface area (Å²) in [6.45, 7) is 7.45. The second-order valence-corrected chi connectivity index (χ2v) is 8.67. The van der Waals surface area contributed by atoms with Crippen molar-refractivity contribution in [2.45, 2.75) is 58.7 Å². The largest absolute Gasteiger partial charge is 0.466 e. The number of likely N-dealkylation sites (tertiary alicyclic amines) is 1. The fraction of sp³-hybridized carbons (Fsp3) is 0.542. The Morgan fingerprint density at radius 2 is 2.12 bits per heavy atom. The molecule has 172 valence electrons. The summed E-state index contributed by atoms with van der Waals surface area (Å²) in [4.78, 5) is 25.5. The number of imidazole rings is 1. The molecule has 1 aromatic carbocycles. The number of carbonyl (C=O) groups excluding carboxylic acids is 1. The van der Waals surface area contributed by atoms with Crippen LogP contribution in [0.2, 0.25) is 0 Å². The van der Waals surface area contributed by atoms with E-state index in [0.29, 0.717) is 26.0 Å². The fourth-order valence-corrected chi connectivity index (χ4v) is 4.84. The maximum atomic E-state index is 13.3. The molecule has 2 unspecified atom stereocenters. The van der Waals surface area contributed by atoms with Crippen molar-refractivity contribution in [1.82, 2.24) is 14.5 Å². The molecule has 8 heteroatoms.